The van der Waals surface area contributed by atoms with Gasteiger partial charge in [-0.3, -0.25) is 0 Å². The van der Waals surface area contributed by atoms with Crippen molar-refractivity contribution in [3.63, 3.8) is 0 Å². The topological polar surface area (TPSA) is 13.7 Å². The van der Waals surface area contributed by atoms with Crippen molar-refractivity contribution in [3.05, 3.63) is 29.8 Å². The van der Waals surface area contributed by atoms with Crippen molar-refractivity contribution >= 4 is 0 Å². The maximum absolute atomic E-state index is 5.78. The van der Waals surface area contributed by atoms with E-state index in [0.717, 1.165) is 12.4 Å². The zero-order chi connectivity index (χ0) is 11.2. The molecule has 1 N–H and O–H groups in total. The number of benzene rings is 1. The monoisotopic (exact) mass is 220 g/mol. The zero-order valence-corrected chi connectivity index (χ0v) is 10.2. The van der Waals surface area contributed by atoms with Gasteiger partial charge in [-0.1, -0.05) is 18.2 Å². The molecule has 1 fully saturated rings. The van der Waals surface area contributed by atoms with Gasteiger partial charge in [-0.2, -0.15) is 0 Å². The predicted molar refractivity (Wildman–Crippen MR) is 66.1 cm³/mol. The summed E-state index contributed by atoms with van der Waals surface area (Å²) in [7, 11) is 0. The molecule has 0 bridgehead atoms. The fourth-order valence-corrected chi connectivity index (χ4v) is 2.35. The summed E-state index contributed by atoms with van der Waals surface area (Å²) in [5.74, 6) is 1.04. The molecule has 0 saturated carbocycles. The van der Waals surface area contributed by atoms with Crippen LogP contribution in [0.1, 0.15) is 24.8 Å². The Labute approximate surface area is 98.2 Å². The van der Waals surface area contributed by atoms with Crippen LogP contribution in [0, 0.1) is 6.92 Å². The van der Waals surface area contributed by atoms with E-state index < -0.39 is 0 Å². The molecule has 1 aliphatic heterocycles. The van der Waals surface area contributed by atoms with Gasteiger partial charge in [0.15, 0.2) is 0 Å². The number of likely N-dealkylation sites (tertiary alicyclic amines) is 1. The van der Waals surface area contributed by atoms with E-state index in [0.29, 0.717) is 0 Å². The maximum Gasteiger partial charge on any atom is 0.122 e. The average molecular weight is 220 g/mol. The number of hydrogen-bond acceptors (Lipinski definition) is 1. The van der Waals surface area contributed by atoms with Gasteiger partial charge in [0.2, 0.25) is 0 Å². The van der Waals surface area contributed by atoms with Crippen molar-refractivity contribution in [2.45, 2.75) is 26.2 Å². The molecule has 2 heteroatoms. The minimum absolute atomic E-state index is 0.856. The summed E-state index contributed by atoms with van der Waals surface area (Å²) < 4.78 is 5.78. The van der Waals surface area contributed by atoms with Gasteiger partial charge in [-0.25, -0.2) is 0 Å². The third-order valence-corrected chi connectivity index (χ3v) is 3.34. The molecular weight excluding hydrogens is 198 g/mol. The summed E-state index contributed by atoms with van der Waals surface area (Å²) in [6.45, 7) is 6.95. The van der Waals surface area contributed by atoms with E-state index in [1.165, 1.54) is 44.5 Å². The molecule has 1 aliphatic rings. The van der Waals surface area contributed by atoms with Crippen molar-refractivity contribution in [2.24, 2.45) is 0 Å². The van der Waals surface area contributed by atoms with Crippen LogP contribution in [0.2, 0.25) is 0 Å². The van der Waals surface area contributed by atoms with Gasteiger partial charge in [0.05, 0.1) is 26.2 Å². The predicted octanol–water partition coefficient (Wildman–Crippen LogP) is 1.44. The van der Waals surface area contributed by atoms with Crippen LogP contribution in [0.25, 0.3) is 0 Å². The molecule has 2 rings (SSSR count). The van der Waals surface area contributed by atoms with E-state index in [4.69, 9.17) is 4.74 Å². The van der Waals surface area contributed by atoms with Crippen LogP contribution < -0.4 is 9.64 Å². The lowest BCUT2D eigenvalue weighted by Gasteiger charge is -2.13. The molecule has 88 valence electrons. The smallest absolute Gasteiger partial charge is 0.122 e. The van der Waals surface area contributed by atoms with Gasteiger partial charge in [0, 0.05) is 19.3 Å². The molecule has 0 amide bonds. The fourth-order valence-electron chi connectivity index (χ4n) is 2.35. The van der Waals surface area contributed by atoms with Crippen LogP contribution >= 0.6 is 0 Å². The van der Waals surface area contributed by atoms with Crippen LogP contribution in [-0.4, -0.2) is 26.2 Å². The number of para-hydroxylation sites is 1. The van der Waals surface area contributed by atoms with Gasteiger partial charge in [0.25, 0.3) is 0 Å². The Balaban J connectivity index is 1.66. The van der Waals surface area contributed by atoms with Crippen LogP contribution in [0.15, 0.2) is 24.3 Å². The van der Waals surface area contributed by atoms with Crippen molar-refractivity contribution in [1.29, 1.82) is 0 Å². The largest absolute Gasteiger partial charge is 0.493 e. The summed E-state index contributed by atoms with van der Waals surface area (Å²) in [5, 5.41) is 0. The van der Waals surface area contributed by atoms with Gasteiger partial charge in [0.1, 0.15) is 5.75 Å². The molecule has 16 heavy (non-hydrogen) atoms. The lowest BCUT2D eigenvalue weighted by Crippen LogP contribution is -3.10. The van der Waals surface area contributed by atoms with Gasteiger partial charge in [-0.05, 0) is 18.6 Å². The number of hydrogen-bond donors (Lipinski definition) is 1. The first-order valence-corrected chi connectivity index (χ1v) is 6.38. The fraction of sp³-hybridized carbons (Fsp3) is 0.571. The second-order valence-electron chi connectivity index (χ2n) is 4.67. The second kappa shape index (κ2) is 5.90. The molecule has 1 aromatic rings. The van der Waals surface area contributed by atoms with E-state index in [-0.39, 0.29) is 0 Å². The highest BCUT2D eigenvalue weighted by molar-refractivity contribution is 5.31. The SMILES string of the molecule is Cc1ccccc1OCCC[NH+]1CCCC1. The molecule has 0 atom stereocenters. The average Bonchev–Trinajstić information content (AvgIpc) is 2.79. The van der Waals surface area contributed by atoms with Gasteiger partial charge < -0.3 is 9.64 Å². The van der Waals surface area contributed by atoms with Gasteiger partial charge in [-0.15, -0.1) is 0 Å². The molecule has 0 spiro atoms. The van der Waals surface area contributed by atoms with E-state index in [1.807, 2.05) is 6.07 Å². The summed E-state index contributed by atoms with van der Waals surface area (Å²) in [4.78, 5) is 1.76. The Morgan fingerprint density at radius 1 is 1.19 bits per heavy atom. The first-order valence-electron chi connectivity index (χ1n) is 6.38. The van der Waals surface area contributed by atoms with Crippen molar-refractivity contribution < 1.29 is 9.64 Å². The first-order chi connectivity index (χ1) is 7.86. The Bertz CT molecular complexity index is 318. The normalized spacial score (nSPS) is 16.6. The molecular formula is C14H22NO+. The van der Waals surface area contributed by atoms with Crippen LogP contribution in [0.5, 0.6) is 5.75 Å². The Kier molecular flexibility index (Phi) is 4.23. The zero-order valence-electron chi connectivity index (χ0n) is 10.2. The second-order valence-corrected chi connectivity index (χ2v) is 4.67. The molecule has 2 nitrogen and oxygen atoms in total. The minimum Gasteiger partial charge on any atom is -0.493 e. The number of ether oxygens (including phenoxy) is 1. The lowest BCUT2D eigenvalue weighted by atomic mass is 10.2. The Morgan fingerprint density at radius 3 is 2.69 bits per heavy atom. The van der Waals surface area contributed by atoms with E-state index >= 15 is 0 Å². The Hall–Kier alpha value is -1.02. The third-order valence-electron chi connectivity index (χ3n) is 3.34. The highest BCUT2D eigenvalue weighted by Gasteiger charge is 2.14. The van der Waals surface area contributed by atoms with Gasteiger partial charge >= 0.3 is 0 Å². The van der Waals surface area contributed by atoms with Crippen molar-refractivity contribution in [2.75, 3.05) is 26.2 Å². The summed E-state index contributed by atoms with van der Waals surface area (Å²) in [6.07, 6.45) is 3.99. The lowest BCUT2D eigenvalue weighted by molar-refractivity contribution is -0.887. The number of rotatable bonds is 5. The van der Waals surface area contributed by atoms with E-state index in [9.17, 15) is 0 Å². The first kappa shape index (κ1) is 11.5. The third kappa shape index (κ3) is 3.24. The summed E-state index contributed by atoms with van der Waals surface area (Å²) >= 11 is 0. The summed E-state index contributed by atoms with van der Waals surface area (Å²) in [5.41, 5.74) is 1.23. The van der Waals surface area contributed by atoms with Crippen LogP contribution in [-0.2, 0) is 0 Å². The maximum atomic E-state index is 5.78. The van der Waals surface area contributed by atoms with Crippen molar-refractivity contribution in [1.82, 2.24) is 0 Å². The van der Waals surface area contributed by atoms with E-state index in [2.05, 4.69) is 25.1 Å². The molecule has 0 unspecified atom stereocenters. The molecule has 1 aromatic carbocycles. The molecule has 0 aromatic heterocycles. The molecule has 0 radical (unpaired) electrons. The van der Waals surface area contributed by atoms with E-state index in [1.54, 1.807) is 4.90 Å². The number of nitrogens with one attached hydrogen (secondary N) is 1. The highest BCUT2D eigenvalue weighted by atomic mass is 16.5. The highest BCUT2D eigenvalue weighted by Crippen LogP contribution is 2.15. The van der Waals surface area contributed by atoms with Crippen LogP contribution in [0.3, 0.4) is 0 Å². The van der Waals surface area contributed by atoms with Crippen LogP contribution in [0.4, 0.5) is 0 Å². The number of aryl methyl sites for hydroxylation is 1. The summed E-state index contributed by atoms with van der Waals surface area (Å²) in [6, 6.07) is 8.24. The standard InChI is InChI=1S/C14H21NO/c1-13-7-2-3-8-14(13)16-12-6-11-15-9-4-5-10-15/h2-3,7-8H,4-6,9-12H2,1H3/p+1. The molecule has 0 aliphatic carbocycles. The molecule has 1 saturated heterocycles. The number of quaternary nitrogens is 1. The molecule has 1 heterocycles. The quantitative estimate of drug-likeness (QED) is 0.741. The minimum atomic E-state index is 0.856. The Morgan fingerprint density at radius 2 is 1.94 bits per heavy atom. The van der Waals surface area contributed by atoms with Crippen molar-refractivity contribution in [3.8, 4) is 5.75 Å².